The van der Waals surface area contributed by atoms with Crippen LogP contribution >= 0.6 is 0 Å². The number of carboxylic acid groups (broad SMARTS) is 1. The molecule has 3 aromatic rings. The Morgan fingerprint density at radius 3 is 2.13 bits per heavy atom. The molecule has 1 amide bonds. The van der Waals surface area contributed by atoms with E-state index in [9.17, 15) is 14.7 Å². The number of fused-ring (bicyclic) bond motifs is 3. The number of rotatable bonds is 4. The first kappa shape index (κ1) is 20.5. The summed E-state index contributed by atoms with van der Waals surface area (Å²) in [5.41, 5.74) is 4.61. The molecule has 0 atom stereocenters. The van der Waals surface area contributed by atoms with Crippen molar-refractivity contribution in [3.8, 4) is 11.1 Å². The topological polar surface area (TPSA) is 101 Å². The number of hydrogen-bond donors (Lipinski definition) is 2. The Labute approximate surface area is 180 Å². The summed E-state index contributed by atoms with van der Waals surface area (Å²) < 4.78 is 5.51. The summed E-state index contributed by atoms with van der Waals surface area (Å²) in [4.78, 5) is 31.9. The maximum absolute atomic E-state index is 12.5. The molecule has 2 aromatic carbocycles. The summed E-state index contributed by atoms with van der Waals surface area (Å²) in [5, 5.41) is 11.8. The van der Waals surface area contributed by atoms with E-state index in [1.807, 2.05) is 57.2 Å². The zero-order chi connectivity index (χ0) is 22.2. The van der Waals surface area contributed by atoms with Crippen LogP contribution in [0.2, 0.25) is 0 Å². The average Bonchev–Trinajstić information content (AvgIpc) is 3.05. The lowest BCUT2D eigenvalue weighted by atomic mass is 9.92. The van der Waals surface area contributed by atoms with Crippen molar-refractivity contribution in [1.82, 2.24) is 9.97 Å². The largest absolute Gasteiger partial charge is 0.475 e. The number of benzene rings is 2. The molecular formula is C24H23N3O4. The van der Waals surface area contributed by atoms with Gasteiger partial charge in [-0.1, -0.05) is 69.3 Å². The minimum atomic E-state index is -1.26. The zero-order valence-electron chi connectivity index (χ0n) is 17.5. The minimum absolute atomic E-state index is 0.0664. The van der Waals surface area contributed by atoms with Gasteiger partial charge < -0.3 is 9.84 Å². The zero-order valence-corrected chi connectivity index (χ0v) is 17.5. The van der Waals surface area contributed by atoms with Crippen molar-refractivity contribution in [2.75, 3.05) is 11.9 Å². The van der Waals surface area contributed by atoms with Gasteiger partial charge in [0.1, 0.15) is 12.4 Å². The molecule has 2 N–H and O–H groups in total. The lowest BCUT2D eigenvalue weighted by Crippen LogP contribution is -2.22. The first-order valence-electron chi connectivity index (χ1n) is 9.99. The molecular weight excluding hydrogens is 394 g/mol. The van der Waals surface area contributed by atoms with Crippen molar-refractivity contribution in [2.24, 2.45) is 0 Å². The maximum atomic E-state index is 12.5. The molecule has 0 bridgehead atoms. The van der Waals surface area contributed by atoms with E-state index >= 15 is 0 Å². The number of hydrogen-bond acceptors (Lipinski definition) is 5. The lowest BCUT2D eigenvalue weighted by Gasteiger charge is -2.19. The number of nitrogens with one attached hydrogen (secondary N) is 1. The fourth-order valence-electron chi connectivity index (χ4n) is 3.73. The van der Waals surface area contributed by atoms with Gasteiger partial charge in [-0.25, -0.2) is 19.6 Å². The van der Waals surface area contributed by atoms with Gasteiger partial charge in [-0.05, 0) is 22.3 Å². The monoisotopic (exact) mass is 417 g/mol. The van der Waals surface area contributed by atoms with Crippen LogP contribution in [0.1, 0.15) is 54.1 Å². The molecule has 1 aliphatic rings. The second-order valence-electron chi connectivity index (χ2n) is 8.47. The van der Waals surface area contributed by atoms with Crippen LogP contribution < -0.4 is 5.32 Å². The molecule has 1 heterocycles. The number of nitrogens with zero attached hydrogens (tertiary/aromatic N) is 2. The van der Waals surface area contributed by atoms with Crippen LogP contribution in [0.3, 0.4) is 0 Å². The third-order valence-electron chi connectivity index (χ3n) is 5.26. The van der Waals surface area contributed by atoms with Crippen LogP contribution in [0.15, 0.2) is 54.6 Å². The van der Waals surface area contributed by atoms with Gasteiger partial charge in [0.05, 0.1) is 5.69 Å². The molecule has 7 heteroatoms. The summed E-state index contributed by atoms with van der Waals surface area (Å²) >= 11 is 0. The first-order valence-corrected chi connectivity index (χ1v) is 9.99. The predicted molar refractivity (Wildman–Crippen MR) is 116 cm³/mol. The maximum Gasteiger partial charge on any atom is 0.412 e. The van der Waals surface area contributed by atoms with Gasteiger partial charge in [-0.15, -0.1) is 0 Å². The van der Waals surface area contributed by atoms with E-state index in [2.05, 4.69) is 27.4 Å². The van der Waals surface area contributed by atoms with Crippen LogP contribution in [-0.2, 0) is 10.2 Å². The Balaban J connectivity index is 1.52. The molecule has 1 aromatic heterocycles. The van der Waals surface area contributed by atoms with Crippen LogP contribution in [0.4, 0.5) is 10.6 Å². The van der Waals surface area contributed by atoms with Gasteiger partial charge in [-0.3, -0.25) is 5.32 Å². The Morgan fingerprint density at radius 1 is 1.00 bits per heavy atom. The second kappa shape index (κ2) is 7.83. The van der Waals surface area contributed by atoms with E-state index in [1.54, 1.807) is 6.07 Å². The molecule has 0 saturated heterocycles. The molecule has 0 unspecified atom stereocenters. The van der Waals surface area contributed by atoms with Crippen molar-refractivity contribution >= 4 is 17.9 Å². The SMILES string of the molecule is CC(C)(C)c1cc(NC(=O)OCC2c3ccccc3-c3ccccc32)nc(C(=O)O)n1. The van der Waals surface area contributed by atoms with E-state index in [4.69, 9.17) is 4.74 Å². The van der Waals surface area contributed by atoms with E-state index in [0.717, 1.165) is 22.3 Å². The molecule has 0 aliphatic heterocycles. The van der Waals surface area contributed by atoms with Gasteiger partial charge in [0.25, 0.3) is 0 Å². The van der Waals surface area contributed by atoms with Crippen molar-refractivity contribution in [3.05, 3.63) is 77.2 Å². The number of amides is 1. The normalized spacial score (nSPS) is 12.7. The summed E-state index contributed by atoms with van der Waals surface area (Å²) in [6, 6.07) is 17.7. The minimum Gasteiger partial charge on any atom is -0.475 e. The highest BCUT2D eigenvalue weighted by Crippen LogP contribution is 2.44. The number of carboxylic acids is 1. The quantitative estimate of drug-likeness (QED) is 0.630. The van der Waals surface area contributed by atoms with E-state index < -0.39 is 17.5 Å². The van der Waals surface area contributed by atoms with E-state index in [-0.39, 0.29) is 24.2 Å². The highest BCUT2D eigenvalue weighted by atomic mass is 16.5. The molecule has 0 saturated carbocycles. The summed E-state index contributed by atoms with van der Waals surface area (Å²) in [6.45, 7) is 5.86. The summed E-state index contributed by atoms with van der Waals surface area (Å²) in [6.07, 6.45) is -0.697. The number of aromatic carboxylic acids is 1. The Kier molecular flexibility index (Phi) is 5.19. The van der Waals surface area contributed by atoms with Crippen molar-refractivity contribution < 1.29 is 19.4 Å². The number of ether oxygens (including phenoxy) is 1. The van der Waals surface area contributed by atoms with Crippen LogP contribution in [-0.4, -0.2) is 33.7 Å². The van der Waals surface area contributed by atoms with Crippen LogP contribution in [0, 0.1) is 0 Å². The van der Waals surface area contributed by atoms with Gasteiger partial charge in [-0.2, -0.15) is 0 Å². The number of carbonyl (C=O) groups excluding carboxylic acids is 1. The number of anilines is 1. The van der Waals surface area contributed by atoms with Crippen molar-refractivity contribution in [3.63, 3.8) is 0 Å². The highest BCUT2D eigenvalue weighted by molar-refractivity contribution is 5.87. The Hall–Kier alpha value is -3.74. The van der Waals surface area contributed by atoms with Gasteiger partial charge >= 0.3 is 12.1 Å². The first-order chi connectivity index (χ1) is 14.7. The van der Waals surface area contributed by atoms with Crippen molar-refractivity contribution in [2.45, 2.75) is 32.1 Å². The average molecular weight is 417 g/mol. The number of carbonyl (C=O) groups is 2. The fraction of sp³-hybridized carbons (Fsp3) is 0.250. The third kappa shape index (κ3) is 4.12. The highest BCUT2D eigenvalue weighted by Gasteiger charge is 2.29. The smallest absolute Gasteiger partial charge is 0.412 e. The third-order valence-corrected chi connectivity index (χ3v) is 5.26. The molecule has 31 heavy (non-hydrogen) atoms. The fourth-order valence-corrected chi connectivity index (χ4v) is 3.73. The van der Waals surface area contributed by atoms with Crippen LogP contribution in [0.25, 0.3) is 11.1 Å². The van der Waals surface area contributed by atoms with E-state index in [0.29, 0.717) is 5.69 Å². The molecule has 7 nitrogen and oxygen atoms in total. The molecule has 0 spiro atoms. The van der Waals surface area contributed by atoms with Gasteiger partial charge in [0, 0.05) is 17.4 Å². The molecule has 0 radical (unpaired) electrons. The summed E-state index contributed by atoms with van der Waals surface area (Å²) in [7, 11) is 0. The number of aromatic nitrogens is 2. The van der Waals surface area contributed by atoms with Gasteiger partial charge in [0.15, 0.2) is 0 Å². The second-order valence-corrected chi connectivity index (χ2v) is 8.47. The van der Waals surface area contributed by atoms with Crippen LogP contribution in [0.5, 0.6) is 0 Å². The Morgan fingerprint density at radius 2 is 1.58 bits per heavy atom. The van der Waals surface area contributed by atoms with Gasteiger partial charge in [0.2, 0.25) is 5.82 Å². The molecule has 4 rings (SSSR count). The molecule has 158 valence electrons. The van der Waals surface area contributed by atoms with E-state index in [1.165, 1.54) is 0 Å². The van der Waals surface area contributed by atoms with Crippen molar-refractivity contribution in [1.29, 1.82) is 0 Å². The lowest BCUT2D eigenvalue weighted by molar-refractivity contribution is 0.0682. The summed E-state index contributed by atoms with van der Waals surface area (Å²) in [5.74, 6) is -1.61. The molecule has 1 aliphatic carbocycles. The molecule has 0 fully saturated rings. The Bertz CT molecular complexity index is 1120. The standard InChI is InChI=1S/C24H23N3O4/c1-24(2,3)19-12-20(26-21(25-19)22(28)29)27-23(30)31-13-18-16-10-6-4-8-14(16)15-9-5-7-11-17(15)18/h4-12,18H,13H2,1-3H3,(H,28,29)(H,25,26,27,30). The predicted octanol–water partition coefficient (Wildman–Crippen LogP) is 4.83.